The van der Waals surface area contributed by atoms with E-state index in [2.05, 4.69) is 0 Å². The minimum Gasteiger partial charge on any atom is -0.504 e. The number of rotatable bonds is 0. The normalized spacial score (nSPS) is 17.1. The summed E-state index contributed by atoms with van der Waals surface area (Å²) in [5, 5.41) is 21.3. The van der Waals surface area contributed by atoms with Crippen molar-refractivity contribution in [2.45, 2.75) is 25.9 Å². The van der Waals surface area contributed by atoms with Crippen molar-refractivity contribution in [2.75, 3.05) is 0 Å². The van der Waals surface area contributed by atoms with Gasteiger partial charge in [0, 0.05) is 22.8 Å². The molecule has 0 fully saturated rings. The first-order valence-electron chi connectivity index (χ1n) is 6.09. The number of carbonyl (C=O) groups excluding carboxylic acids is 1. The molecule has 3 rings (SSSR count). The molecule has 1 heterocycles. The van der Waals surface area contributed by atoms with E-state index < -0.39 is 5.60 Å². The molecule has 4 nitrogen and oxygen atoms in total. The summed E-state index contributed by atoms with van der Waals surface area (Å²) in [6, 6.07) is 7.11. The van der Waals surface area contributed by atoms with E-state index in [0.29, 0.717) is 22.1 Å². The summed E-state index contributed by atoms with van der Waals surface area (Å²) in [5.41, 5.74) is -0.556. The topological polar surface area (TPSA) is 66.8 Å². The fraction of sp³-hybridized carbons (Fsp3) is 0.267. The molecule has 1 aliphatic rings. The van der Waals surface area contributed by atoms with Gasteiger partial charge in [-0.15, -0.1) is 0 Å². The average Bonchev–Trinajstić information content (AvgIpc) is 2.38. The van der Waals surface area contributed by atoms with Crippen molar-refractivity contribution in [1.82, 2.24) is 0 Å². The van der Waals surface area contributed by atoms with Crippen LogP contribution in [0, 0.1) is 0 Å². The molecule has 98 valence electrons. The molecule has 2 aromatic carbocycles. The number of ketones is 1. The van der Waals surface area contributed by atoms with Gasteiger partial charge in [0.25, 0.3) is 0 Å². The van der Waals surface area contributed by atoms with Crippen LogP contribution in [0.25, 0.3) is 10.8 Å². The van der Waals surface area contributed by atoms with Gasteiger partial charge in [0.1, 0.15) is 5.75 Å². The molecule has 0 radical (unpaired) electrons. The number of aromatic hydroxyl groups is 2. The minimum absolute atomic E-state index is 0.0621. The van der Waals surface area contributed by atoms with Crippen LogP contribution in [0.5, 0.6) is 17.2 Å². The maximum Gasteiger partial charge on any atom is 0.180 e. The van der Waals surface area contributed by atoms with E-state index in [9.17, 15) is 15.0 Å². The zero-order valence-electron chi connectivity index (χ0n) is 10.7. The number of hydrogen-bond donors (Lipinski definition) is 2. The van der Waals surface area contributed by atoms with Crippen molar-refractivity contribution >= 4 is 16.6 Å². The molecular weight excluding hydrogens is 244 g/mol. The monoisotopic (exact) mass is 258 g/mol. The summed E-state index contributed by atoms with van der Waals surface area (Å²) in [7, 11) is 0. The van der Waals surface area contributed by atoms with Crippen molar-refractivity contribution < 1.29 is 19.7 Å². The van der Waals surface area contributed by atoms with E-state index in [1.165, 1.54) is 0 Å². The number of ether oxygens (including phenoxy) is 1. The lowest BCUT2D eigenvalue weighted by Crippen LogP contribution is -2.42. The summed E-state index contributed by atoms with van der Waals surface area (Å²) in [4.78, 5) is 12.0. The Balaban J connectivity index is 2.39. The van der Waals surface area contributed by atoms with Crippen LogP contribution in [0.1, 0.15) is 19.4 Å². The van der Waals surface area contributed by atoms with E-state index in [-0.39, 0.29) is 23.7 Å². The minimum atomic E-state index is -0.917. The summed E-state index contributed by atoms with van der Waals surface area (Å²) in [6.45, 7) is 3.41. The highest BCUT2D eigenvalue weighted by molar-refractivity contribution is 6.01. The molecule has 19 heavy (non-hydrogen) atoms. The van der Waals surface area contributed by atoms with Crippen LogP contribution in [-0.2, 0) is 11.2 Å². The largest absolute Gasteiger partial charge is 0.504 e. The zero-order valence-corrected chi connectivity index (χ0v) is 10.7. The van der Waals surface area contributed by atoms with Crippen molar-refractivity contribution in [2.24, 2.45) is 0 Å². The van der Waals surface area contributed by atoms with Gasteiger partial charge in [0.15, 0.2) is 22.9 Å². The van der Waals surface area contributed by atoms with Crippen LogP contribution in [0.4, 0.5) is 0 Å². The average molecular weight is 258 g/mol. The lowest BCUT2D eigenvalue weighted by atomic mass is 9.90. The van der Waals surface area contributed by atoms with Gasteiger partial charge in [-0.1, -0.05) is 24.3 Å². The summed E-state index contributed by atoms with van der Waals surface area (Å²) >= 11 is 0. The number of phenolic OH excluding ortho intramolecular Hbond substituents is 2. The molecule has 0 atom stereocenters. The van der Waals surface area contributed by atoms with Crippen molar-refractivity contribution in [3.8, 4) is 17.2 Å². The van der Waals surface area contributed by atoms with Crippen LogP contribution < -0.4 is 4.74 Å². The molecule has 0 unspecified atom stereocenters. The fourth-order valence-electron chi connectivity index (χ4n) is 2.39. The second-order valence-electron chi connectivity index (χ2n) is 5.26. The van der Waals surface area contributed by atoms with Crippen LogP contribution in [0.2, 0.25) is 0 Å². The standard InChI is InChI=1S/C15H14O4/c1-15(2)11(16)7-10-13(18)12(17)8-5-3-4-6-9(8)14(10)19-15/h3-6,17-18H,7H2,1-2H3. The third-order valence-corrected chi connectivity index (χ3v) is 3.58. The van der Waals surface area contributed by atoms with Crippen molar-refractivity contribution in [3.63, 3.8) is 0 Å². The lowest BCUT2D eigenvalue weighted by molar-refractivity contribution is -0.132. The van der Waals surface area contributed by atoms with Gasteiger partial charge in [-0.25, -0.2) is 0 Å². The second kappa shape index (κ2) is 3.63. The first-order chi connectivity index (χ1) is 8.92. The Morgan fingerprint density at radius 1 is 1.11 bits per heavy atom. The summed E-state index contributed by atoms with van der Waals surface area (Å²) < 4.78 is 5.76. The molecule has 0 bridgehead atoms. The van der Waals surface area contributed by atoms with Gasteiger partial charge >= 0.3 is 0 Å². The Morgan fingerprint density at radius 3 is 2.42 bits per heavy atom. The Hall–Kier alpha value is -2.23. The van der Waals surface area contributed by atoms with E-state index >= 15 is 0 Å². The molecule has 0 aromatic heterocycles. The maximum absolute atomic E-state index is 12.0. The number of Topliss-reactive ketones (excluding diaryl/α,β-unsaturated/α-hetero) is 1. The van der Waals surface area contributed by atoms with Crippen LogP contribution in [0.3, 0.4) is 0 Å². The second-order valence-corrected chi connectivity index (χ2v) is 5.26. The number of fused-ring (bicyclic) bond motifs is 3. The van der Waals surface area contributed by atoms with E-state index in [1.54, 1.807) is 32.0 Å². The molecular formula is C15H14O4. The van der Waals surface area contributed by atoms with Crippen molar-refractivity contribution in [3.05, 3.63) is 29.8 Å². The first-order valence-corrected chi connectivity index (χ1v) is 6.09. The smallest absolute Gasteiger partial charge is 0.180 e. The molecule has 1 aliphatic heterocycles. The quantitative estimate of drug-likeness (QED) is 0.713. The SMILES string of the molecule is CC1(C)Oc2c(c(O)c(O)c3ccccc23)CC1=O. The highest BCUT2D eigenvalue weighted by atomic mass is 16.5. The van der Waals surface area contributed by atoms with Crippen molar-refractivity contribution in [1.29, 1.82) is 0 Å². The first kappa shape index (κ1) is 11.8. The Morgan fingerprint density at radius 2 is 1.74 bits per heavy atom. The molecule has 0 spiro atoms. The molecule has 2 aromatic rings. The van der Waals surface area contributed by atoms with Crippen LogP contribution in [0.15, 0.2) is 24.3 Å². The zero-order chi connectivity index (χ0) is 13.8. The van der Waals surface area contributed by atoms with Gasteiger partial charge in [-0.05, 0) is 13.8 Å². The van der Waals surface area contributed by atoms with Gasteiger partial charge in [0.2, 0.25) is 0 Å². The number of phenols is 2. The number of hydrogen-bond acceptors (Lipinski definition) is 4. The van der Waals surface area contributed by atoms with Gasteiger partial charge < -0.3 is 14.9 Å². The molecule has 2 N–H and O–H groups in total. The third kappa shape index (κ3) is 1.56. The Labute approximate surface area is 110 Å². The predicted molar refractivity (Wildman–Crippen MR) is 70.7 cm³/mol. The molecule has 0 aliphatic carbocycles. The van der Waals surface area contributed by atoms with E-state index in [1.807, 2.05) is 6.07 Å². The van der Waals surface area contributed by atoms with Crippen LogP contribution in [-0.4, -0.2) is 21.6 Å². The lowest BCUT2D eigenvalue weighted by Gasteiger charge is -2.32. The number of carbonyl (C=O) groups is 1. The summed E-state index contributed by atoms with van der Waals surface area (Å²) in [6.07, 6.45) is 0.0621. The Kier molecular flexibility index (Phi) is 2.26. The molecule has 0 amide bonds. The highest BCUT2D eigenvalue weighted by Crippen LogP contribution is 2.47. The predicted octanol–water partition coefficient (Wildman–Crippen LogP) is 2.53. The fourth-order valence-corrected chi connectivity index (χ4v) is 2.39. The summed E-state index contributed by atoms with van der Waals surface area (Å²) in [5.74, 6) is -0.108. The van der Waals surface area contributed by atoms with Gasteiger partial charge in [-0.3, -0.25) is 4.79 Å². The third-order valence-electron chi connectivity index (χ3n) is 3.58. The van der Waals surface area contributed by atoms with Crippen LogP contribution >= 0.6 is 0 Å². The van der Waals surface area contributed by atoms with Gasteiger partial charge in [-0.2, -0.15) is 0 Å². The number of benzene rings is 2. The maximum atomic E-state index is 12.0. The molecule has 0 saturated carbocycles. The molecule has 0 saturated heterocycles. The van der Waals surface area contributed by atoms with Gasteiger partial charge in [0.05, 0.1) is 0 Å². The highest BCUT2D eigenvalue weighted by Gasteiger charge is 2.38. The Bertz CT molecular complexity index is 701. The molecule has 4 heteroatoms. The van der Waals surface area contributed by atoms with E-state index in [4.69, 9.17) is 4.74 Å². The van der Waals surface area contributed by atoms with E-state index in [0.717, 1.165) is 0 Å².